The van der Waals surface area contributed by atoms with Crippen molar-refractivity contribution in [1.29, 1.82) is 0 Å². The van der Waals surface area contributed by atoms with Crippen molar-refractivity contribution in [3.63, 3.8) is 0 Å². The summed E-state index contributed by atoms with van der Waals surface area (Å²) in [4.78, 5) is 3.52. The van der Waals surface area contributed by atoms with Gasteiger partial charge >= 0.3 is 6.61 Å². The Morgan fingerprint density at radius 2 is 2.08 bits per heavy atom. The van der Waals surface area contributed by atoms with Crippen LogP contribution in [-0.2, 0) is 0 Å². The fourth-order valence-electron chi connectivity index (χ4n) is 0.595. The van der Waals surface area contributed by atoms with Crippen LogP contribution in [-0.4, -0.2) is 11.6 Å². The predicted octanol–water partition coefficient (Wildman–Crippen LogP) is 2.99. The Balaban J connectivity index is 2.96. The van der Waals surface area contributed by atoms with Crippen LogP contribution in [0.3, 0.4) is 0 Å². The molecular weight excluding hydrogens is 211 g/mol. The topological polar surface area (TPSA) is 22.1 Å². The van der Waals surface area contributed by atoms with Crippen LogP contribution in [0, 0.1) is 0 Å². The maximum atomic E-state index is 11.7. The molecule has 1 heterocycles. The van der Waals surface area contributed by atoms with Gasteiger partial charge in [0.1, 0.15) is 0 Å². The molecule has 0 atom stereocenters. The molecule has 0 saturated carbocycles. The van der Waals surface area contributed by atoms with Crippen LogP contribution >= 0.6 is 23.2 Å². The monoisotopic (exact) mass is 213 g/mol. The Morgan fingerprint density at radius 3 is 2.58 bits per heavy atom. The van der Waals surface area contributed by atoms with E-state index < -0.39 is 6.61 Å². The number of alkyl halides is 2. The summed E-state index contributed by atoms with van der Waals surface area (Å²) < 4.78 is 27.4. The smallest absolute Gasteiger partial charge is 0.387 e. The fraction of sp³-hybridized carbons (Fsp3) is 0.167. The van der Waals surface area contributed by atoms with E-state index in [4.69, 9.17) is 23.2 Å². The first-order valence-corrected chi connectivity index (χ1v) is 3.61. The molecule has 1 rings (SSSR count). The number of hydrogen-bond acceptors (Lipinski definition) is 2. The summed E-state index contributed by atoms with van der Waals surface area (Å²) in [6.45, 7) is -2.95. The summed E-state index contributed by atoms with van der Waals surface area (Å²) in [6, 6.07) is 1.31. The molecule has 0 N–H and O–H groups in total. The molecule has 0 fully saturated rings. The zero-order chi connectivity index (χ0) is 9.14. The third kappa shape index (κ3) is 2.19. The number of hydrogen-bond donors (Lipinski definition) is 0. The molecule has 0 aliphatic rings. The molecule has 0 spiro atoms. The molecule has 0 radical (unpaired) electrons. The van der Waals surface area contributed by atoms with Crippen LogP contribution in [0.25, 0.3) is 0 Å². The van der Waals surface area contributed by atoms with Gasteiger partial charge in [-0.2, -0.15) is 8.78 Å². The molecule has 0 aliphatic heterocycles. The van der Waals surface area contributed by atoms with E-state index in [0.717, 1.165) is 0 Å². The summed E-state index contributed by atoms with van der Waals surface area (Å²) in [5.74, 6) is -0.296. The maximum Gasteiger partial charge on any atom is 0.387 e. The van der Waals surface area contributed by atoms with Crippen molar-refractivity contribution in [1.82, 2.24) is 4.98 Å². The first-order chi connectivity index (χ1) is 5.61. The number of pyridine rings is 1. The van der Waals surface area contributed by atoms with Gasteiger partial charge in [0.25, 0.3) is 0 Å². The predicted molar refractivity (Wildman–Crippen MR) is 40.9 cm³/mol. The molecule has 0 aromatic carbocycles. The number of aromatic nitrogens is 1. The lowest BCUT2D eigenvalue weighted by molar-refractivity contribution is -0.0499. The van der Waals surface area contributed by atoms with Crippen molar-refractivity contribution >= 4 is 23.2 Å². The molecule has 6 heteroatoms. The van der Waals surface area contributed by atoms with Gasteiger partial charge in [-0.05, 0) is 6.07 Å². The van der Waals surface area contributed by atoms with Crippen molar-refractivity contribution in [2.24, 2.45) is 0 Å². The Kier molecular flexibility index (Phi) is 3.05. The van der Waals surface area contributed by atoms with Gasteiger partial charge in [0.2, 0.25) is 0 Å². The summed E-state index contributed by atoms with van der Waals surface area (Å²) in [5.41, 5.74) is 0. The normalized spacial score (nSPS) is 10.4. The zero-order valence-electron chi connectivity index (χ0n) is 5.60. The van der Waals surface area contributed by atoms with E-state index in [1.165, 1.54) is 12.3 Å². The van der Waals surface area contributed by atoms with E-state index in [1.54, 1.807) is 0 Å². The quantitative estimate of drug-likeness (QED) is 0.706. The van der Waals surface area contributed by atoms with Crippen molar-refractivity contribution in [2.75, 3.05) is 0 Å². The fourth-order valence-corrected chi connectivity index (χ4v) is 1.04. The number of nitrogens with zero attached hydrogens (tertiary/aromatic N) is 1. The van der Waals surface area contributed by atoms with Gasteiger partial charge in [-0.1, -0.05) is 23.2 Å². The van der Waals surface area contributed by atoms with Gasteiger partial charge < -0.3 is 4.74 Å². The van der Waals surface area contributed by atoms with Crippen LogP contribution in [0.15, 0.2) is 12.3 Å². The van der Waals surface area contributed by atoms with E-state index in [9.17, 15) is 8.78 Å². The SMILES string of the molecule is FC(F)Oc1c(Cl)ccnc1Cl. The first-order valence-electron chi connectivity index (χ1n) is 2.86. The van der Waals surface area contributed by atoms with E-state index >= 15 is 0 Å². The maximum absolute atomic E-state index is 11.7. The van der Waals surface area contributed by atoms with Crippen LogP contribution in [0.4, 0.5) is 8.78 Å². The lowest BCUT2D eigenvalue weighted by Gasteiger charge is -2.06. The van der Waals surface area contributed by atoms with Crippen LogP contribution < -0.4 is 4.74 Å². The highest BCUT2D eigenvalue weighted by Gasteiger charge is 2.12. The molecule has 0 unspecified atom stereocenters. The first kappa shape index (κ1) is 9.48. The van der Waals surface area contributed by atoms with Gasteiger partial charge in [-0.25, -0.2) is 4.98 Å². The second-order valence-electron chi connectivity index (χ2n) is 1.79. The third-order valence-corrected chi connectivity index (χ3v) is 1.59. The highest BCUT2D eigenvalue weighted by Crippen LogP contribution is 2.31. The lowest BCUT2D eigenvalue weighted by Crippen LogP contribution is -2.03. The number of halogens is 4. The molecule has 66 valence electrons. The van der Waals surface area contributed by atoms with E-state index in [2.05, 4.69) is 9.72 Å². The van der Waals surface area contributed by atoms with Crippen LogP contribution in [0.5, 0.6) is 5.75 Å². The molecule has 1 aromatic heterocycles. The Labute approximate surface area is 77.1 Å². The molecule has 12 heavy (non-hydrogen) atoms. The molecule has 2 nitrogen and oxygen atoms in total. The summed E-state index contributed by atoms with van der Waals surface area (Å²) >= 11 is 10.9. The zero-order valence-corrected chi connectivity index (χ0v) is 7.11. The molecule has 0 amide bonds. The highest BCUT2D eigenvalue weighted by atomic mass is 35.5. The summed E-state index contributed by atoms with van der Waals surface area (Å²) in [5, 5.41) is -0.168. The van der Waals surface area contributed by atoms with Gasteiger partial charge in [-0.3, -0.25) is 0 Å². The average Bonchev–Trinajstić information content (AvgIpc) is 1.97. The minimum Gasteiger partial charge on any atom is -0.430 e. The summed E-state index contributed by atoms with van der Waals surface area (Å²) in [6.07, 6.45) is 1.29. The molecular formula is C6H3Cl2F2NO. The highest BCUT2D eigenvalue weighted by molar-refractivity contribution is 6.36. The Hall–Kier alpha value is -0.610. The molecule has 0 saturated heterocycles. The van der Waals surface area contributed by atoms with E-state index in [0.29, 0.717) is 0 Å². The average molecular weight is 214 g/mol. The molecule has 0 aliphatic carbocycles. The Bertz CT molecular complexity index is 262. The molecule has 1 aromatic rings. The molecule has 0 bridgehead atoms. The van der Waals surface area contributed by atoms with Crippen LogP contribution in [0.1, 0.15) is 0 Å². The van der Waals surface area contributed by atoms with Gasteiger partial charge in [0, 0.05) is 6.20 Å². The minimum atomic E-state index is -2.95. The largest absolute Gasteiger partial charge is 0.430 e. The number of ether oxygens (including phenoxy) is 1. The van der Waals surface area contributed by atoms with Crippen LogP contribution in [0.2, 0.25) is 10.2 Å². The second-order valence-corrected chi connectivity index (χ2v) is 2.56. The Morgan fingerprint density at radius 1 is 1.42 bits per heavy atom. The summed E-state index contributed by atoms with van der Waals surface area (Å²) in [7, 11) is 0. The standard InChI is InChI=1S/C6H3Cl2F2NO/c7-3-1-2-11-5(8)4(3)12-6(9)10/h1-2,6H. The minimum absolute atomic E-state index is 0.00954. The van der Waals surface area contributed by atoms with Gasteiger partial charge in [0.05, 0.1) is 5.02 Å². The van der Waals surface area contributed by atoms with Gasteiger partial charge in [0.15, 0.2) is 10.9 Å². The van der Waals surface area contributed by atoms with Crippen molar-refractivity contribution in [3.8, 4) is 5.75 Å². The van der Waals surface area contributed by atoms with Crippen molar-refractivity contribution < 1.29 is 13.5 Å². The third-order valence-electron chi connectivity index (χ3n) is 1.02. The second kappa shape index (κ2) is 3.87. The van der Waals surface area contributed by atoms with E-state index in [1.807, 2.05) is 0 Å². The van der Waals surface area contributed by atoms with Gasteiger partial charge in [-0.15, -0.1) is 0 Å². The van der Waals surface area contributed by atoms with Crippen molar-refractivity contribution in [2.45, 2.75) is 6.61 Å². The van der Waals surface area contributed by atoms with Crippen molar-refractivity contribution in [3.05, 3.63) is 22.4 Å². The lowest BCUT2D eigenvalue weighted by atomic mass is 10.4. The van der Waals surface area contributed by atoms with E-state index in [-0.39, 0.29) is 15.9 Å². The number of rotatable bonds is 2.